The number of pyridine rings is 1. The highest BCUT2D eigenvalue weighted by Gasteiger charge is 2.53. The molecular formula is C54H65N2O8P. The van der Waals surface area contributed by atoms with Gasteiger partial charge in [0.1, 0.15) is 41.2 Å². The highest BCUT2D eigenvalue weighted by Crippen LogP contribution is 2.47. The second kappa shape index (κ2) is 18.1. The molecule has 4 aromatic carbocycles. The van der Waals surface area contributed by atoms with Gasteiger partial charge in [0.25, 0.3) is 5.91 Å². The van der Waals surface area contributed by atoms with Crippen molar-refractivity contribution in [3.8, 4) is 0 Å². The van der Waals surface area contributed by atoms with E-state index in [4.69, 9.17) is 31.9 Å². The van der Waals surface area contributed by atoms with Crippen molar-refractivity contribution in [2.45, 2.75) is 148 Å². The van der Waals surface area contributed by atoms with Gasteiger partial charge in [0.2, 0.25) is 0 Å². The fourth-order valence-electron chi connectivity index (χ4n) is 8.39. The molecule has 1 unspecified atom stereocenters. The molecule has 0 saturated carbocycles. The Morgan fingerprint density at radius 3 is 1.77 bits per heavy atom. The SMILES string of the molecule is CC(C)(C)c1cc(C(C)(C)C)c2op(O[C@H]3[C@@H]4O[C@H](c5ccccc5)OC[C@H]4OC(OCc4ccccc4)[C@@H]3NC(=O)c3ccccn3)oc3c(C(C)(C)C)cc(C(C)(C)C)cc3c2c1. The van der Waals surface area contributed by atoms with Crippen LogP contribution in [0, 0.1) is 0 Å². The molecule has 65 heavy (non-hydrogen) atoms. The first kappa shape index (κ1) is 46.7. The van der Waals surface area contributed by atoms with Gasteiger partial charge in [0.05, 0.1) is 13.2 Å². The zero-order chi connectivity index (χ0) is 46.5. The lowest BCUT2D eigenvalue weighted by molar-refractivity contribution is -0.339. The second-order valence-corrected chi connectivity index (χ2v) is 22.5. The summed E-state index contributed by atoms with van der Waals surface area (Å²) >= 11 is 0. The maximum Gasteiger partial charge on any atom is 0.387 e. The molecule has 1 N–H and O–H groups in total. The van der Waals surface area contributed by atoms with Crippen LogP contribution < -0.4 is 9.84 Å². The van der Waals surface area contributed by atoms with Crippen molar-refractivity contribution in [2.24, 2.45) is 0 Å². The number of hydrogen-bond acceptors (Lipinski definition) is 9. The Kier molecular flexibility index (Phi) is 13.0. The molecule has 2 aliphatic heterocycles. The van der Waals surface area contributed by atoms with E-state index in [9.17, 15) is 4.79 Å². The van der Waals surface area contributed by atoms with Gasteiger partial charge in [-0.15, -0.1) is 0 Å². The molecule has 8 rings (SSSR count). The van der Waals surface area contributed by atoms with Crippen LogP contribution in [0.15, 0.2) is 118 Å². The topological polar surface area (TPSA) is 114 Å². The van der Waals surface area contributed by atoms with E-state index in [0.29, 0.717) is 11.2 Å². The number of rotatable bonds is 8. The highest BCUT2D eigenvalue weighted by atomic mass is 31.1. The molecule has 6 aromatic rings. The summed E-state index contributed by atoms with van der Waals surface area (Å²) in [5, 5.41) is 5.12. The molecule has 344 valence electrons. The average molecular weight is 901 g/mol. The highest BCUT2D eigenvalue weighted by molar-refractivity contribution is 7.31. The summed E-state index contributed by atoms with van der Waals surface area (Å²) in [4.78, 5) is 18.7. The van der Waals surface area contributed by atoms with Crippen molar-refractivity contribution in [2.75, 3.05) is 6.61 Å². The van der Waals surface area contributed by atoms with Crippen LogP contribution in [0.2, 0.25) is 0 Å². The van der Waals surface area contributed by atoms with Gasteiger partial charge in [-0.05, 0) is 62.6 Å². The molecule has 11 heteroatoms. The van der Waals surface area contributed by atoms with Crippen LogP contribution in [0.5, 0.6) is 0 Å². The lowest BCUT2D eigenvalue weighted by Gasteiger charge is -2.48. The quantitative estimate of drug-likeness (QED) is 0.159. The van der Waals surface area contributed by atoms with Gasteiger partial charge >= 0.3 is 8.24 Å². The summed E-state index contributed by atoms with van der Waals surface area (Å²) in [5.74, 6) is -0.424. The number of hydrogen-bond donors (Lipinski definition) is 1. The average Bonchev–Trinajstić information content (AvgIpc) is 3.41. The van der Waals surface area contributed by atoms with Crippen molar-refractivity contribution in [3.63, 3.8) is 0 Å². The number of amides is 1. The first-order chi connectivity index (χ1) is 30.6. The Labute approximate surface area is 385 Å². The summed E-state index contributed by atoms with van der Waals surface area (Å²) in [6.07, 6.45) is -2.51. The van der Waals surface area contributed by atoms with Crippen molar-refractivity contribution < 1.29 is 36.7 Å². The minimum Gasteiger partial charge on any atom is -0.399 e. The van der Waals surface area contributed by atoms with Crippen LogP contribution in [-0.4, -0.2) is 48.1 Å². The number of nitrogens with zero attached hydrogens (tertiary/aromatic N) is 1. The van der Waals surface area contributed by atoms with E-state index in [1.807, 2.05) is 60.7 Å². The number of ether oxygens (including phenoxy) is 4. The molecule has 0 radical (unpaired) electrons. The zero-order valence-corrected chi connectivity index (χ0v) is 40.8. The first-order valence-corrected chi connectivity index (χ1v) is 23.8. The third-order valence-corrected chi connectivity index (χ3v) is 13.3. The molecule has 2 saturated heterocycles. The van der Waals surface area contributed by atoms with Crippen LogP contribution in [0.3, 0.4) is 0 Å². The Balaban J connectivity index is 1.38. The number of carbonyl (C=O) groups excluding carboxylic acids is 1. The molecular weight excluding hydrogens is 836 g/mol. The van der Waals surface area contributed by atoms with E-state index in [2.05, 4.69) is 118 Å². The van der Waals surface area contributed by atoms with Crippen LogP contribution >= 0.6 is 8.24 Å². The molecule has 10 nitrogen and oxygen atoms in total. The maximum atomic E-state index is 14.3. The molecule has 4 heterocycles. The Morgan fingerprint density at radius 2 is 1.25 bits per heavy atom. The van der Waals surface area contributed by atoms with E-state index in [1.54, 1.807) is 24.4 Å². The number of benzene rings is 4. The van der Waals surface area contributed by atoms with E-state index < -0.39 is 51.1 Å². The lowest BCUT2D eigenvalue weighted by Crippen LogP contribution is -2.68. The summed E-state index contributed by atoms with van der Waals surface area (Å²) < 4.78 is 48.6. The predicted molar refractivity (Wildman–Crippen MR) is 257 cm³/mol. The van der Waals surface area contributed by atoms with E-state index in [0.717, 1.165) is 33.0 Å². The standard InChI is InChI=1S/C54H65N2O8P/c1-51(2,3)35-27-37-38-28-36(52(4,5)6)30-40(54(10,11)12)45(38)63-65(62-44(37)39(29-35)53(7,8)9)64-47-43(56-48(57)41-25-19-20-26-55-41)50(58-31-33-21-15-13-16-22-33)60-42-32-59-49(61-46(42)47)34-23-17-14-18-24-34/h13-30,42-43,46-47,49-50H,31-32H2,1-12H3,(H,56,57)/t42-,43-,46-,47-,49-,50?/m1/s1. The first-order valence-electron chi connectivity index (χ1n) is 22.7. The van der Waals surface area contributed by atoms with Gasteiger partial charge in [0, 0.05) is 33.7 Å². The summed E-state index contributed by atoms with van der Waals surface area (Å²) in [6, 6.07) is 33.0. The molecule has 0 aliphatic carbocycles. The van der Waals surface area contributed by atoms with E-state index in [1.165, 1.54) is 11.1 Å². The van der Waals surface area contributed by atoms with Gasteiger partial charge in [-0.25, -0.2) is 0 Å². The van der Waals surface area contributed by atoms with Gasteiger partial charge in [-0.2, -0.15) is 0 Å². The monoisotopic (exact) mass is 900 g/mol. The second-order valence-electron chi connectivity index (χ2n) is 21.5. The molecule has 2 aromatic heterocycles. The van der Waals surface area contributed by atoms with Gasteiger partial charge in [0.15, 0.2) is 12.6 Å². The van der Waals surface area contributed by atoms with Crippen molar-refractivity contribution in [1.29, 1.82) is 0 Å². The van der Waals surface area contributed by atoms with Crippen molar-refractivity contribution >= 4 is 36.1 Å². The fourth-order valence-corrected chi connectivity index (χ4v) is 9.66. The van der Waals surface area contributed by atoms with Gasteiger partial charge in [-0.1, -0.05) is 162 Å². The fraction of sp³-hybridized carbons (Fsp3) is 0.444. The van der Waals surface area contributed by atoms with Crippen LogP contribution in [-0.2, 0) is 47.2 Å². The van der Waals surface area contributed by atoms with Crippen LogP contribution in [0.4, 0.5) is 0 Å². The van der Waals surface area contributed by atoms with Gasteiger partial charge in [-0.3, -0.25) is 14.3 Å². The molecule has 6 atom stereocenters. The van der Waals surface area contributed by atoms with Crippen molar-refractivity contribution in [1.82, 2.24) is 10.3 Å². The van der Waals surface area contributed by atoms with E-state index in [-0.39, 0.29) is 40.6 Å². The minimum absolute atomic E-state index is 0.168. The van der Waals surface area contributed by atoms with Crippen molar-refractivity contribution in [3.05, 3.63) is 148 Å². The molecule has 2 fully saturated rings. The molecule has 2 aliphatic rings. The largest absolute Gasteiger partial charge is 0.399 e. The Morgan fingerprint density at radius 1 is 0.692 bits per heavy atom. The minimum atomic E-state index is -2.27. The summed E-state index contributed by atoms with van der Waals surface area (Å²) in [6.45, 7) is 27.1. The van der Waals surface area contributed by atoms with Crippen LogP contribution in [0.1, 0.15) is 133 Å². The molecule has 1 amide bonds. The predicted octanol–water partition coefficient (Wildman–Crippen LogP) is 12.5. The Hall–Kier alpha value is -4.80. The number of fused-ring (bicyclic) bond motifs is 4. The number of aromatic nitrogens is 1. The van der Waals surface area contributed by atoms with E-state index >= 15 is 0 Å². The Bertz CT molecular complexity index is 2570. The van der Waals surface area contributed by atoms with Crippen LogP contribution in [0.25, 0.3) is 21.9 Å². The lowest BCUT2D eigenvalue weighted by atomic mass is 9.77. The number of carbonyl (C=O) groups is 1. The smallest absolute Gasteiger partial charge is 0.387 e. The third kappa shape index (κ3) is 10.3. The third-order valence-electron chi connectivity index (χ3n) is 12.2. The maximum absolute atomic E-state index is 14.3. The van der Waals surface area contributed by atoms with Gasteiger partial charge < -0.3 is 32.7 Å². The molecule has 0 spiro atoms. The number of nitrogens with one attached hydrogen (secondary N) is 1. The normalized spacial score (nSPS) is 21.8. The summed E-state index contributed by atoms with van der Waals surface area (Å²) in [7, 11) is -2.27. The summed E-state index contributed by atoms with van der Waals surface area (Å²) in [5.41, 5.74) is 6.84. The molecule has 0 bridgehead atoms. The zero-order valence-electron chi connectivity index (χ0n) is 39.9.